The van der Waals surface area contributed by atoms with Crippen LogP contribution in [-0.2, 0) is 12.8 Å². The molecular formula is C14H11F4NO. The standard InChI is InChI=1S/C14H11F4NO/c15-11-3-5-12(6-4-11)20-8-9-1-2-10(7-13(9)19)14(16,17)18/h1-7H,8,19H2. The predicted molar refractivity (Wildman–Crippen MR) is 66.6 cm³/mol. The number of hydrogen-bond donors (Lipinski definition) is 1. The van der Waals surface area contributed by atoms with Gasteiger partial charge >= 0.3 is 6.18 Å². The molecule has 20 heavy (non-hydrogen) atoms. The predicted octanol–water partition coefficient (Wildman–Crippen LogP) is 4.01. The Morgan fingerprint density at radius 1 is 1.00 bits per heavy atom. The minimum Gasteiger partial charge on any atom is -0.489 e. The highest BCUT2D eigenvalue weighted by Gasteiger charge is 2.30. The number of anilines is 1. The Hall–Kier alpha value is -2.24. The third-order valence-electron chi connectivity index (χ3n) is 2.68. The van der Waals surface area contributed by atoms with Crippen molar-refractivity contribution in [1.82, 2.24) is 0 Å². The van der Waals surface area contributed by atoms with Crippen molar-refractivity contribution in [2.24, 2.45) is 0 Å². The molecule has 0 spiro atoms. The smallest absolute Gasteiger partial charge is 0.416 e. The Morgan fingerprint density at radius 3 is 2.20 bits per heavy atom. The van der Waals surface area contributed by atoms with Crippen molar-refractivity contribution in [2.75, 3.05) is 5.73 Å². The van der Waals surface area contributed by atoms with E-state index in [-0.39, 0.29) is 12.3 Å². The second kappa shape index (κ2) is 5.40. The van der Waals surface area contributed by atoms with Gasteiger partial charge in [0.1, 0.15) is 18.2 Å². The molecular weight excluding hydrogens is 274 g/mol. The molecule has 0 heterocycles. The molecule has 0 bridgehead atoms. The van der Waals surface area contributed by atoms with Crippen LogP contribution in [-0.4, -0.2) is 0 Å². The quantitative estimate of drug-likeness (QED) is 0.683. The van der Waals surface area contributed by atoms with Gasteiger partial charge in [0.15, 0.2) is 0 Å². The number of alkyl halides is 3. The molecule has 0 aliphatic carbocycles. The third kappa shape index (κ3) is 3.40. The van der Waals surface area contributed by atoms with E-state index in [2.05, 4.69) is 0 Å². The van der Waals surface area contributed by atoms with Gasteiger partial charge in [0.25, 0.3) is 0 Å². The molecule has 106 valence electrons. The van der Waals surface area contributed by atoms with Gasteiger partial charge in [0, 0.05) is 11.3 Å². The molecule has 0 radical (unpaired) electrons. The molecule has 0 aliphatic rings. The molecule has 2 aromatic carbocycles. The summed E-state index contributed by atoms with van der Waals surface area (Å²) in [6.45, 7) is 0.00953. The Balaban J connectivity index is 2.08. The molecule has 0 fully saturated rings. The monoisotopic (exact) mass is 285 g/mol. The summed E-state index contributed by atoms with van der Waals surface area (Å²) >= 11 is 0. The fourth-order valence-corrected chi connectivity index (χ4v) is 1.59. The number of benzene rings is 2. The van der Waals surface area contributed by atoms with Gasteiger partial charge in [-0.3, -0.25) is 0 Å². The van der Waals surface area contributed by atoms with Crippen molar-refractivity contribution in [2.45, 2.75) is 12.8 Å². The van der Waals surface area contributed by atoms with Crippen molar-refractivity contribution in [3.05, 3.63) is 59.4 Å². The van der Waals surface area contributed by atoms with E-state index in [1.807, 2.05) is 0 Å². The number of hydrogen-bond acceptors (Lipinski definition) is 2. The van der Waals surface area contributed by atoms with Crippen LogP contribution in [0.2, 0.25) is 0 Å². The minimum atomic E-state index is -4.43. The van der Waals surface area contributed by atoms with Crippen molar-refractivity contribution in [3.63, 3.8) is 0 Å². The van der Waals surface area contributed by atoms with Gasteiger partial charge in [-0.25, -0.2) is 4.39 Å². The SMILES string of the molecule is Nc1cc(C(F)(F)F)ccc1COc1ccc(F)cc1. The Labute approximate surface area is 112 Å². The first-order valence-corrected chi connectivity index (χ1v) is 5.70. The molecule has 6 heteroatoms. The summed E-state index contributed by atoms with van der Waals surface area (Å²) in [6.07, 6.45) is -4.43. The first kappa shape index (κ1) is 14.2. The van der Waals surface area contributed by atoms with E-state index in [1.165, 1.54) is 30.3 Å². The molecule has 0 unspecified atom stereocenters. The maximum atomic E-state index is 12.7. The van der Waals surface area contributed by atoms with E-state index in [1.54, 1.807) is 0 Å². The van der Waals surface area contributed by atoms with Crippen LogP contribution >= 0.6 is 0 Å². The van der Waals surface area contributed by atoms with Crippen LogP contribution in [0.5, 0.6) is 5.75 Å². The van der Waals surface area contributed by atoms with Gasteiger partial charge in [-0.05, 0) is 36.4 Å². The van der Waals surface area contributed by atoms with E-state index in [0.717, 1.165) is 12.1 Å². The molecule has 0 saturated carbocycles. The molecule has 0 atom stereocenters. The van der Waals surface area contributed by atoms with Crippen LogP contribution in [0.25, 0.3) is 0 Å². The molecule has 2 rings (SSSR count). The number of nitrogen functional groups attached to an aromatic ring is 1. The fraction of sp³-hybridized carbons (Fsp3) is 0.143. The summed E-state index contributed by atoms with van der Waals surface area (Å²) in [5.74, 6) is 0.0112. The lowest BCUT2D eigenvalue weighted by Gasteiger charge is -2.12. The van der Waals surface area contributed by atoms with E-state index in [9.17, 15) is 17.6 Å². The molecule has 0 aromatic heterocycles. The lowest BCUT2D eigenvalue weighted by Crippen LogP contribution is -2.07. The van der Waals surface area contributed by atoms with Crippen LogP contribution in [0.1, 0.15) is 11.1 Å². The largest absolute Gasteiger partial charge is 0.489 e. The van der Waals surface area contributed by atoms with Gasteiger partial charge < -0.3 is 10.5 Å². The zero-order valence-electron chi connectivity index (χ0n) is 10.2. The van der Waals surface area contributed by atoms with E-state index in [0.29, 0.717) is 11.3 Å². The number of ether oxygens (including phenoxy) is 1. The zero-order valence-corrected chi connectivity index (χ0v) is 10.2. The van der Waals surface area contributed by atoms with Crippen LogP contribution in [0, 0.1) is 5.82 Å². The number of halogens is 4. The van der Waals surface area contributed by atoms with Gasteiger partial charge in [0.05, 0.1) is 5.56 Å². The topological polar surface area (TPSA) is 35.2 Å². The van der Waals surface area contributed by atoms with Crippen LogP contribution < -0.4 is 10.5 Å². The van der Waals surface area contributed by atoms with Crippen molar-refractivity contribution < 1.29 is 22.3 Å². The summed E-state index contributed by atoms with van der Waals surface area (Å²) in [4.78, 5) is 0. The molecule has 2 aromatic rings. The molecule has 0 saturated heterocycles. The normalized spacial score (nSPS) is 11.4. The second-order valence-corrected chi connectivity index (χ2v) is 4.15. The average molecular weight is 285 g/mol. The van der Waals surface area contributed by atoms with Crippen molar-refractivity contribution in [3.8, 4) is 5.75 Å². The van der Waals surface area contributed by atoms with Gasteiger partial charge in [0.2, 0.25) is 0 Å². The minimum absolute atomic E-state index is 0.00179. The highest BCUT2D eigenvalue weighted by Crippen LogP contribution is 2.31. The molecule has 0 amide bonds. The molecule has 2 N–H and O–H groups in total. The first-order valence-electron chi connectivity index (χ1n) is 5.70. The number of nitrogens with two attached hydrogens (primary N) is 1. The highest BCUT2D eigenvalue weighted by molar-refractivity contribution is 5.49. The highest BCUT2D eigenvalue weighted by atomic mass is 19.4. The summed E-state index contributed by atoms with van der Waals surface area (Å²) in [5.41, 5.74) is 5.20. The maximum Gasteiger partial charge on any atom is 0.416 e. The Kier molecular flexibility index (Phi) is 3.83. The molecule has 0 aliphatic heterocycles. The third-order valence-corrected chi connectivity index (χ3v) is 2.68. The Morgan fingerprint density at radius 2 is 1.65 bits per heavy atom. The lowest BCUT2D eigenvalue weighted by atomic mass is 10.1. The summed E-state index contributed by atoms with van der Waals surface area (Å²) < 4.78 is 55.4. The van der Waals surface area contributed by atoms with E-state index < -0.39 is 17.6 Å². The molecule has 2 nitrogen and oxygen atoms in total. The lowest BCUT2D eigenvalue weighted by molar-refractivity contribution is -0.137. The van der Waals surface area contributed by atoms with Crippen LogP contribution in [0.4, 0.5) is 23.2 Å². The summed E-state index contributed by atoms with van der Waals surface area (Å²) in [5, 5.41) is 0. The average Bonchev–Trinajstić information content (AvgIpc) is 2.38. The fourth-order valence-electron chi connectivity index (χ4n) is 1.59. The summed E-state index contributed by atoms with van der Waals surface area (Å²) in [7, 11) is 0. The van der Waals surface area contributed by atoms with Crippen molar-refractivity contribution in [1.29, 1.82) is 0 Å². The number of rotatable bonds is 3. The second-order valence-electron chi connectivity index (χ2n) is 4.15. The zero-order chi connectivity index (χ0) is 14.8. The van der Waals surface area contributed by atoms with Gasteiger partial charge in [-0.1, -0.05) is 6.07 Å². The Bertz CT molecular complexity index is 593. The van der Waals surface area contributed by atoms with Crippen molar-refractivity contribution >= 4 is 5.69 Å². The van der Waals surface area contributed by atoms with Gasteiger partial charge in [-0.15, -0.1) is 0 Å². The van der Waals surface area contributed by atoms with Crippen LogP contribution in [0.3, 0.4) is 0 Å². The van der Waals surface area contributed by atoms with Crippen LogP contribution in [0.15, 0.2) is 42.5 Å². The van der Waals surface area contributed by atoms with E-state index >= 15 is 0 Å². The van der Waals surface area contributed by atoms with E-state index in [4.69, 9.17) is 10.5 Å². The first-order chi connectivity index (χ1) is 9.36. The summed E-state index contributed by atoms with van der Waals surface area (Å²) in [6, 6.07) is 8.38. The maximum absolute atomic E-state index is 12.7. The van der Waals surface area contributed by atoms with Gasteiger partial charge in [-0.2, -0.15) is 13.2 Å².